The second-order valence-corrected chi connectivity index (χ2v) is 7.61. The number of para-hydroxylation sites is 1. The van der Waals surface area contributed by atoms with E-state index in [9.17, 15) is 19.2 Å². The third-order valence-corrected chi connectivity index (χ3v) is 5.45. The molecule has 1 N–H and O–H groups in total. The van der Waals surface area contributed by atoms with Crippen molar-refractivity contribution < 1.29 is 13.9 Å². The zero-order chi connectivity index (χ0) is 24.2. The number of benzene rings is 2. The number of anilines is 1. The Bertz CT molecular complexity index is 1560. The minimum absolute atomic E-state index is 0.0887. The van der Waals surface area contributed by atoms with Crippen LogP contribution in [0, 0.1) is 17.1 Å². The van der Waals surface area contributed by atoms with Crippen molar-refractivity contribution in [3.63, 3.8) is 0 Å². The summed E-state index contributed by atoms with van der Waals surface area (Å²) in [6.07, 6.45) is 2.49. The maximum Gasteiger partial charge on any atom is 0.269 e. The second kappa shape index (κ2) is 9.75. The molecule has 7 nitrogen and oxygen atoms in total. The quantitative estimate of drug-likeness (QED) is 0.292. The lowest BCUT2D eigenvalue weighted by Gasteiger charge is -2.11. The Morgan fingerprint density at radius 1 is 1.12 bits per heavy atom. The number of carbonyl (C=O) groups excluding carboxylic acids is 1. The molecule has 0 bridgehead atoms. The van der Waals surface area contributed by atoms with Gasteiger partial charge in [-0.15, -0.1) is 0 Å². The fourth-order valence-electron chi connectivity index (χ4n) is 3.00. The number of fused-ring (bicyclic) bond motifs is 1. The first-order valence-corrected chi connectivity index (χ1v) is 10.5. The molecule has 0 aliphatic heterocycles. The molecule has 0 unspecified atom stereocenters. The minimum atomic E-state index is -0.846. The Balaban J connectivity index is 1.82. The molecule has 168 valence electrons. The number of carbonyl (C=O) groups is 1. The van der Waals surface area contributed by atoms with Gasteiger partial charge in [0.2, 0.25) is 5.88 Å². The van der Waals surface area contributed by atoms with Gasteiger partial charge >= 0.3 is 0 Å². The average Bonchev–Trinajstić information content (AvgIpc) is 2.83. The smallest absolute Gasteiger partial charge is 0.269 e. The first kappa shape index (κ1) is 23.0. The van der Waals surface area contributed by atoms with Gasteiger partial charge in [0.25, 0.3) is 11.5 Å². The van der Waals surface area contributed by atoms with Gasteiger partial charge in [0, 0.05) is 6.20 Å². The standard InChI is InChI=1S/C24H13Cl2FN4O3/c25-16-6-5-8-18(21(16)26)29-22(32)14(13-28)12-15-23(34-19-9-2-1-7-17(19)27)30-20-10-3-4-11-31(20)24(15)33/h1-12H,(H,29,32)/b14-12-. The summed E-state index contributed by atoms with van der Waals surface area (Å²) in [5.74, 6) is -1.98. The van der Waals surface area contributed by atoms with Crippen LogP contribution >= 0.6 is 23.2 Å². The van der Waals surface area contributed by atoms with Crippen molar-refractivity contribution in [1.29, 1.82) is 5.26 Å². The summed E-state index contributed by atoms with van der Waals surface area (Å²) in [6.45, 7) is 0. The Kier molecular flexibility index (Phi) is 6.59. The van der Waals surface area contributed by atoms with Gasteiger partial charge in [0.1, 0.15) is 22.9 Å². The van der Waals surface area contributed by atoms with E-state index in [0.717, 1.165) is 6.08 Å². The fraction of sp³-hybridized carbons (Fsp3) is 0. The highest BCUT2D eigenvalue weighted by molar-refractivity contribution is 6.44. The molecule has 2 heterocycles. The Morgan fingerprint density at radius 2 is 1.88 bits per heavy atom. The van der Waals surface area contributed by atoms with Gasteiger partial charge in [-0.2, -0.15) is 10.2 Å². The predicted molar refractivity (Wildman–Crippen MR) is 127 cm³/mol. The van der Waals surface area contributed by atoms with Gasteiger partial charge in [-0.3, -0.25) is 14.0 Å². The number of hydrogen-bond acceptors (Lipinski definition) is 5. The van der Waals surface area contributed by atoms with Crippen LogP contribution in [0.1, 0.15) is 5.56 Å². The van der Waals surface area contributed by atoms with Crippen LogP contribution in [0.5, 0.6) is 11.6 Å². The Hall–Kier alpha value is -4.19. The molecule has 0 aliphatic rings. The molecule has 4 aromatic rings. The number of halogens is 3. The molecule has 0 radical (unpaired) electrons. The summed E-state index contributed by atoms with van der Waals surface area (Å²) >= 11 is 12.1. The Labute approximate surface area is 202 Å². The van der Waals surface area contributed by atoms with Gasteiger partial charge in [0.15, 0.2) is 11.6 Å². The van der Waals surface area contributed by atoms with Crippen molar-refractivity contribution >= 4 is 46.5 Å². The first-order chi connectivity index (χ1) is 16.4. The van der Waals surface area contributed by atoms with Gasteiger partial charge < -0.3 is 10.1 Å². The van der Waals surface area contributed by atoms with Crippen LogP contribution < -0.4 is 15.6 Å². The highest BCUT2D eigenvalue weighted by atomic mass is 35.5. The summed E-state index contributed by atoms with van der Waals surface area (Å²) in [7, 11) is 0. The van der Waals surface area contributed by atoms with E-state index in [0.29, 0.717) is 0 Å². The molecule has 34 heavy (non-hydrogen) atoms. The van der Waals surface area contributed by atoms with E-state index in [-0.39, 0.29) is 38.6 Å². The topological polar surface area (TPSA) is 96.5 Å². The number of nitrogens with zero attached hydrogens (tertiary/aromatic N) is 3. The van der Waals surface area contributed by atoms with Crippen LogP contribution in [0.2, 0.25) is 10.0 Å². The van der Waals surface area contributed by atoms with Gasteiger partial charge in [-0.25, -0.2) is 4.39 Å². The Morgan fingerprint density at radius 3 is 2.65 bits per heavy atom. The van der Waals surface area contributed by atoms with E-state index in [1.54, 1.807) is 36.4 Å². The molecular weight excluding hydrogens is 482 g/mol. The zero-order valence-corrected chi connectivity index (χ0v) is 18.6. The molecule has 0 spiro atoms. The molecule has 1 amide bonds. The number of ether oxygens (including phenoxy) is 1. The first-order valence-electron chi connectivity index (χ1n) is 9.70. The summed E-state index contributed by atoms with van der Waals surface area (Å²) < 4.78 is 21.0. The molecule has 0 aliphatic carbocycles. The third-order valence-electron chi connectivity index (χ3n) is 4.63. The lowest BCUT2D eigenvalue weighted by molar-refractivity contribution is -0.112. The molecular formula is C24H13Cl2FN4O3. The van der Waals surface area contributed by atoms with Crippen LogP contribution in [0.3, 0.4) is 0 Å². The van der Waals surface area contributed by atoms with Crippen LogP contribution in [0.25, 0.3) is 11.7 Å². The molecule has 2 aromatic carbocycles. The monoisotopic (exact) mass is 494 g/mol. The predicted octanol–water partition coefficient (Wildman–Crippen LogP) is 5.48. The normalized spacial score (nSPS) is 11.2. The molecule has 2 aromatic heterocycles. The maximum absolute atomic E-state index is 14.2. The number of rotatable bonds is 5. The molecule has 4 rings (SSSR count). The van der Waals surface area contributed by atoms with Crippen molar-refractivity contribution in [3.05, 3.63) is 104 Å². The number of nitrogens with one attached hydrogen (secondary N) is 1. The van der Waals surface area contributed by atoms with Crippen molar-refractivity contribution in [2.24, 2.45) is 0 Å². The molecule has 0 fully saturated rings. The van der Waals surface area contributed by atoms with Gasteiger partial charge in [-0.05, 0) is 42.5 Å². The summed E-state index contributed by atoms with van der Waals surface area (Å²) in [5.41, 5.74) is -0.889. The third kappa shape index (κ3) is 4.62. The number of pyridine rings is 1. The van der Waals surface area contributed by atoms with Crippen molar-refractivity contribution in [1.82, 2.24) is 9.38 Å². The summed E-state index contributed by atoms with van der Waals surface area (Å²) in [5, 5.41) is 12.4. The number of nitriles is 1. The van der Waals surface area contributed by atoms with Crippen molar-refractivity contribution in [2.45, 2.75) is 0 Å². The molecule has 0 saturated heterocycles. The van der Waals surface area contributed by atoms with Gasteiger partial charge in [-0.1, -0.05) is 47.5 Å². The largest absolute Gasteiger partial charge is 0.435 e. The van der Waals surface area contributed by atoms with Crippen LogP contribution in [0.15, 0.2) is 77.2 Å². The van der Waals surface area contributed by atoms with E-state index in [1.165, 1.54) is 40.9 Å². The number of aromatic nitrogens is 2. The maximum atomic E-state index is 14.2. The highest BCUT2D eigenvalue weighted by Gasteiger charge is 2.19. The summed E-state index contributed by atoms with van der Waals surface area (Å²) in [4.78, 5) is 30.2. The molecule has 0 saturated carbocycles. The van der Waals surface area contributed by atoms with E-state index in [2.05, 4.69) is 10.3 Å². The molecule has 10 heteroatoms. The number of hydrogen-bond donors (Lipinski definition) is 1. The van der Waals surface area contributed by atoms with Crippen LogP contribution in [0.4, 0.5) is 10.1 Å². The van der Waals surface area contributed by atoms with E-state index in [4.69, 9.17) is 27.9 Å². The van der Waals surface area contributed by atoms with Crippen molar-refractivity contribution in [2.75, 3.05) is 5.32 Å². The van der Waals surface area contributed by atoms with Crippen LogP contribution in [-0.2, 0) is 4.79 Å². The van der Waals surface area contributed by atoms with E-state index in [1.807, 2.05) is 0 Å². The van der Waals surface area contributed by atoms with Gasteiger partial charge in [0.05, 0.1) is 15.7 Å². The SMILES string of the molecule is N#C/C(=C/c1c(Oc2ccccc2F)nc2ccccn2c1=O)C(=O)Nc1cccc(Cl)c1Cl. The lowest BCUT2D eigenvalue weighted by Crippen LogP contribution is -2.20. The highest BCUT2D eigenvalue weighted by Crippen LogP contribution is 2.30. The minimum Gasteiger partial charge on any atom is -0.435 e. The average molecular weight is 495 g/mol. The number of amides is 1. The molecule has 0 atom stereocenters. The van der Waals surface area contributed by atoms with E-state index < -0.39 is 22.9 Å². The second-order valence-electron chi connectivity index (χ2n) is 6.82. The summed E-state index contributed by atoms with van der Waals surface area (Å²) in [6, 6.07) is 16.7. The fourth-order valence-corrected chi connectivity index (χ4v) is 3.35. The zero-order valence-electron chi connectivity index (χ0n) is 17.1. The lowest BCUT2D eigenvalue weighted by atomic mass is 10.1. The van der Waals surface area contributed by atoms with Crippen LogP contribution in [-0.4, -0.2) is 15.3 Å². The van der Waals surface area contributed by atoms with E-state index >= 15 is 0 Å². The van der Waals surface area contributed by atoms with Crippen molar-refractivity contribution in [3.8, 4) is 17.7 Å².